The minimum absolute atomic E-state index is 0.0879. The van der Waals surface area contributed by atoms with Crippen LogP contribution < -0.4 is 15.4 Å². The van der Waals surface area contributed by atoms with Crippen molar-refractivity contribution in [3.63, 3.8) is 0 Å². The average Bonchev–Trinajstić information content (AvgIpc) is 3.00. The monoisotopic (exact) mass is 589 g/mol. The fourth-order valence-corrected chi connectivity index (χ4v) is 4.82. The number of fused-ring (bicyclic) bond motifs is 1. The Kier molecular flexibility index (Phi) is 13.8. The SMILES string of the molecule is CC(=O)OCc1ccccc1.COCC(NC(=O)CNSc1ccc(C)cc1)C(=O)NCC1=CCCc2ccccc21. The van der Waals surface area contributed by atoms with Crippen molar-refractivity contribution in [3.8, 4) is 0 Å². The zero-order valence-corrected chi connectivity index (χ0v) is 25.2. The Morgan fingerprint density at radius 1 is 0.952 bits per heavy atom. The number of ether oxygens (including phenoxy) is 2. The molecule has 3 N–H and O–H groups in total. The van der Waals surface area contributed by atoms with Crippen LogP contribution in [0.1, 0.15) is 35.6 Å². The number of esters is 1. The first-order valence-corrected chi connectivity index (χ1v) is 14.6. The Bertz CT molecular complexity index is 1330. The second-order valence-electron chi connectivity index (χ2n) is 9.72. The molecule has 1 aliphatic rings. The molecular formula is C33H39N3O5S. The molecule has 1 aliphatic carbocycles. The Morgan fingerprint density at radius 2 is 1.67 bits per heavy atom. The van der Waals surface area contributed by atoms with Crippen LogP contribution in [0.15, 0.2) is 89.8 Å². The molecule has 4 rings (SSSR count). The molecule has 1 atom stereocenters. The quantitative estimate of drug-likeness (QED) is 0.209. The van der Waals surface area contributed by atoms with Gasteiger partial charge in [0.05, 0.1) is 13.2 Å². The molecule has 0 saturated heterocycles. The van der Waals surface area contributed by atoms with E-state index >= 15 is 0 Å². The van der Waals surface area contributed by atoms with Gasteiger partial charge in [0.15, 0.2) is 0 Å². The number of allylic oxidation sites excluding steroid dienone is 1. The van der Waals surface area contributed by atoms with Crippen molar-refractivity contribution < 1.29 is 23.9 Å². The molecule has 0 spiro atoms. The van der Waals surface area contributed by atoms with E-state index in [0.29, 0.717) is 13.2 Å². The lowest BCUT2D eigenvalue weighted by Gasteiger charge is -2.21. The zero-order valence-electron chi connectivity index (χ0n) is 24.4. The number of nitrogens with one attached hydrogen (secondary N) is 3. The first kappa shape index (κ1) is 32.6. The predicted octanol–water partition coefficient (Wildman–Crippen LogP) is 4.62. The third-order valence-corrected chi connectivity index (χ3v) is 7.13. The van der Waals surface area contributed by atoms with E-state index in [4.69, 9.17) is 9.47 Å². The maximum absolute atomic E-state index is 12.7. The molecule has 0 radical (unpaired) electrons. The van der Waals surface area contributed by atoms with Crippen molar-refractivity contribution in [2.75, 3.05) is 26.8 Å². The summed E-state index contributed by atoms with van der Waals surface area (Å²) in [6.07, 6.45) is 4.15. The van der Waals surface area contributed by atoms with Crippen LogP contribution in [0.25, 0.3) is 5.57 Å². The molecule has 0 bridgehead atoms. The molecule has 0 fully saturated rings. The Morgan fingerprint density at radius 3 is 2.38 bits per heavy atom. The van der Waals surface area contributed by atoms with Gasteiger partial charge in [-0.15, -0.1) is 0 Å². The normalized spacial score (nSPS) is 12.5. The summed E-state index contributed by atoms with van der Waals surface area (Å²) in [7, 11) is 1.51. The minimum Gasteiger partial charge on any atom is -0.461 e. The summed E-state index contributed by atoms with van der Waals surface area (Å²) in [5.74, 6) is -0.766. The topological polar surface area (TPSA) is 106 Å². The Balaban J connectivity index is 0.000000369. The van der Waals surface area contributed by atoms with Crippen molar-refractivity contribution in [1.82, 2.24) is 15.4 Å². The van der Waals surface area contributed by atoms with E-state index < -0.39 is 6.04 Å². The summed E-state index contributed by atoms with van der Waals surface area (Å²) in [6, 6.07) is 25.1. The Hall–Kier alpha value is -3.92. The second-order valence-corrected chi connectivity index (χ2v) is 10.7. The van der Waals surface area contributed by atoms with Crippen LogP contribution in [0, 0.1) is 6.92 Å². The van der Waals surface area contributed by atoms with E-state index in [1.807, 2.05) is 73.7 Å². The fraction of sp³-hybridized carbons (Fsp3) is 0.303. The summed E-state index contributed by atoms with van der Waals surface area (Å²) in [5, 5.41) is 5.69. The molecule has 1 unspecified atom stereocenters. The number of amides is 2. The average molecular weight is 590 g/mol. The molecule has 0 heterocycles. The number of hydrogen-bond acceptors (Lipinski definition) is 7. The van der Waals surface area contributed by atoms with Gasteiger partial charge in [0.1, 0.15) is 12.6 Å². The third-order valence-electron chi connectivity index (χ3n) is 6.33. The van der Waals surface area contributed by atoms with E-state index in [0.717, 1.165) is 28.9 Å². The molecule has 0 aromatic heterocycles. The van der Waals surface area contributed by atoms with Gasteiger partial charge in [0.25, 0.3) is 0 Å². The highest BCUT2D eigenvalue weighted by Crippen LogP contribution is 2.25. The van der Waals surface area contributed by atoms with E-state index in [9.17, 15) is 14.4 Å². The molecule has 9 heteroatoms. The van der Waals surface area contributed by atoms with E-state index in [1.54, 1.807) is 0 Å². The van der Waals surface area contributed by atoms with Crippen LogP contribution in [0.4, 0.5) is 0 Å². The number of hydrogen-bond donors (Lipinski definition) is 3. The minimum atomic E-state index is -0.747. The van der Waals surface area contributed by atoms with Gasteiger partial charge in [-0.25, -0.2) is 0 Å². The van der Waals surface area contributed by atoms with Crippen molar-refractivity contribution >= 4 is 35.3 Å². The fourth-order valence-electron chi connectivity index (χ4n) is 4.18. The zero-order chi connectivity index (χ0) is 30.2. The molecule has 3 aromatic rings. The number of benzene rings is 3. The van der Waals surface area contributed by atoms with Crippen LogP contribution in [-0.2, 0) is 36.9 Å². The smallest absolute Gasteiger partial charge is 0.302 e. The summed E-state index contributed by atoms with van der Waals surface area (Å²) in [4.78, 5) is 36.4. The lowest BCUT2D eigenvalue weighted by Crippen LogP contribution is -2.51. The van der Waals surface area contributed by atoms with Gasteiger partial charge < -0.3 is 20.1 Å². The van der Waals surface area contributed by atoms with Crippen LogP contribution in [-0.4, -0.2) is 50.6 Å². The lowest BCUT2D eigenvalue weighted by atomic mass is 9.91. The first-order chi connectivity index (χ1) is 20.4. The molecule has 3 aromatic carbocycles. The highest BCUT2D eigenvalue weighted by atomic mass is 32.2. The lowest BCUT2D eigenvalue weighted by molar-refractivity contribution is -0.142. The molecule has 0 aliphatic heterocycles. The van der Waals surface area contributed by atoms with Crippen LogP contribution in [0.3, 0.4) is 0 Å². The van der Waals surface area contributed by atoms with Gasteiger partial charge in [-0.3, -0.25) is 19.1 Å². The molecule has 0 saturated carbocycles. The number of methoxy groups -OCH3 is 1. The number of rotatable bonds is 12. The summed E-state index contributed by atoms with van der Waals surface area (Å²) in [6.45, 7) is 4.43. The van der Waals surface area contributed by atoms with Gasteiger partial charge in [0, 0.05) is 25.5 Å². The number of carbonyl (C=O) groups excluding carboxylic acids is 3. The molecule has 42 heavy (non-hydrogen) atoms. The van der Waals surface area contributed by atoms with Gasteiger partial charge in [-0.05, 0) is 66.1 Å². The van der Waals surface area contributed by atoms with Crippen LogP contribution in [0.2, 0.25) is 0 Å². The summed E-state index contributed by atoms with van der Waals surface area (Å²) >= 11 is 1.38. The molecular weight excluding hydrogens is 550 g/mol. The van der Waals surface area contributed by atoms with Crippen molar-refractivity contribution in [1.29, 1.82) is 0 Å². The molecule has 2 amide bonds. The number of aryl methyl sites for hydroxylation is 2. The number of carbonyl (C=O) groups is 3. The van der Waals surface area contributed by atoms with Crippen molar-refractivity contribution in [2.24, 2.45) is 0 Å². The highest BCUT2D eigenvalue weighted by Gasteiger charge is 2.21. The van der Waals surface area contributed by atoms with E-state index in [-0.39, 0.29) is 30.9 Å². The van der Waals surface area contributed by atoms with Crippen LogP contribution in [0.5, 0.6) is 0 Å². The van der Waals surface area contributed by atoms with E-state index in [1.165, 1.54) is 42.7 Å². The maximum Gasteiger partial charge on any atom is 0.302 e. The Labute approximate surface area is 252 Å². The van der Waals surface area contributed by atoms with Crippen LogP contribution >= 0.6 is 11.9 Å². The first-order valence-electron chi connectivity index (χ1n) is 13.8. The molecule has 222 valence electrons. The van der Waals surface area contributed by atoms with Gasteiger partial charge >= 0.3 is 5.97 Å². The molecule has 8 nitrogen and oxygen atoms in total. The largest absolute Gasteiger partial charge is 0.461 e. The van der Waals surface area contributed by atoms with Gasteiger partial charge in [-0.1, -0.05) is 78.4 Å². The summed E-state index contributed by atoms with van der Waals surface area (Å²) in [5.41, 5.74) is 5.78. The highest BCUT2D eigenvalue weighted by molar-refractivity contribution is 7.97. The maximum atomic E-state index is 12.7. The van der Waals surface area contributed by atoms with Crippen molar-refractivity contribution in [3.05, 3.63) is 107 Å². The summed E-state index contributed by atoms with van der Waals surface area (Å²) < 4.78 is 13.0. The van der Waals surface area contributed by atoms with Crippen molar-refractivity contribution in [2.45, 2.75) is 44.2 Å². The standard InChI is InChI=1S/C24H29N3O3S.C9H10O2/c1-17-10-12-20(13-11-17)31-26-15-23(28)27-22(16-30-2)24(29)25-14-19-8-5-7-18-6-3-4-9-21(18)19;1-8(10)11-7-9-5-3-2-4-6-9/h3-4,6,8-13,22,26H,5,7,14-16H2,1-2H3,(H,25,29)(H,27,28);2-6H,7H2,1H3. The van der Waals surface area contributed by atoms with Gasteiger partial charge in [-0.2, -0.15) is 0 Å². The third kappa shape index (κ3) is 11.5. The predicted molar refractivity (Wildman–Crippen MR) is 167 cm³/mol. The van der Waals surface area contributed by atoms with E-state index in [2.05, 4.69) is 33.6 Å². The second kappa shape index (κ2) is 17.8. The van der Waals surface area contributed by atoms with Gasteiger partial charge in [0.2, 0.25) is 11.8 Å².